The van der Waals surface area contributed by atoms with Crippen molar-refractivity contribution in [3.05, 3.63) is 0 Å². The fraction of sp³-hybridized carbons (Fsp3) is 0.933. The number of rotatable bonds is 1. The van der Waals surface area contributed by atoms with Crippen LogP contribution in [0.3, 0.4) is 0 Å². The van der Waals surface area contributed by atoms with E-state index in [1.807, 2.05) is 13.8 Å². The van der Waals surface area contributed by atoms with Crippen LogP contribution in [0.2, 0.25) is 0 Å². The van der Waals surface area contributed by atoms with Gasteiger partial charge in [-0.05, 0) is 26.7 Å². The lowest BCUT2D eigenvalue weighted by Crippen LogP contribution is -2.76. The first-order valence-electron chi connectivity index (χ1n) is 7.82. The zero-order valence-corrected chi connectivity index (χ0v) is 12.3. The summed E-state index contributed by atoms with van der Waals surface area (Å²) < 4.78 is 29.4. The lowest BCUT2D eigenvalue weighted by molar-refractivity contribution is -0.264. The Morgan fingerprint density at radius 3 is 2.57 bits per heavy atom. The largest absolute Gasteiger partial charge is 0.454 e. The van der Waals surface area contributed by atoms with Crippen LogP contribution in [0, 0.1) is 11.8 Å². The number of hydrogen-bond acceptors (Lipinski definition) is 6. The first kappa shape index (κ1) is 12.8. The van der Waals surface area contributed by atoms with Crippen LogP contribution in [0.25, 0.3) is 0 Å². The fourth-order valence-electron chi connectivity index (χ4n) is 5.39. The molecule has 116 valence electrons. The van der Waals surface area contributed by atoms with E-state index < -0.39 is 23.1 Å². The third-order valence-corrected chi connectivity index (χ3v) is 6.00. The van der Waals surface area contributed by atoms with Crippen LogP contribution in [0.5, 0.6) is 0 Å². The molecule has 0 bridgehead atoms. The maximum atomic E-state index is 12.6. The van der Waals surface area contributed by atoms with Gasteiger partial charge < -0.3 is 23.7 Å². The van der Waals surface area contributed by atoms with E-state index >= 15 is 0 Å². The van der Waals surface area contributed by atoms with E-state index in [9.17, 15) is 4.79 Å². The molecule has 6 heteroatoms. The standard InChI is InChI=1S/C15H20O6/c1-13(2)19-7-10(21-13)11-14-8(3-5-17-14)9-4-6-18-15(9,14)12(16)20-11/h8-11H,3-7H2,1-2H3/t8-,9+,10-,11-,14+,15-/m1/s1. The van der Waals surface area contributed by atoms with Crippen LogP contribution >= 0.6 is 0 Å². The molecule has 0 aromatic heterocycles. The lowest BCUT2D eigenvalue weighted by Gasteiger charge is -2.56. The van der Waals surface area contributed by atoms with Crippen molar-refractivity contribution in [3.63, 3.8) is 0 Å². The highest BCUT2D eigenvalue weighted by atomic mass is 16.8. The van der Waals surface area contributed by atoms with Crippen LogP contribution in [0.4, 0.5) is 0 Å². The summed E-state index contributed by atoms with van der Waals surface area (Å²) in [5, 5.41) is 0. The van der Waals surface area contributed by atoms with Crippen LogP contribution in [0.1, 0.15) is 26.7 Å². The SMILES string of the molecule is CC1(C)OC[C@H]([C@H]2OC(=O)[C@]34OCC[C@H]3[C@H]3CCO[C@@]324)O1. The topological polar surface area (TPSA) is 63.2 Å². The van der Waals surface area contributed by atoms with Crippen LogP contribution in [-0.2, 0) is 28.5 Å². The summed E-state index contributed by atoms with van der Waals surface area (Å²) in [4.78, 5) is 12.6. The van der Waals surface area contributed by atoms with Gasteiger partial charge in [0, 0.05) is 25.0 Å². The normalized spacial score (nSPS) is 56.6. The second-order valence-corrected chi connectivity index (χ2v) is 7.21. The van der Waals surface area contributed by atoms with Gasteiger partial charge in [-0.1, -0.05) is 0 Å². The van der Waals surface area contributed by atoms with Crippen molar-refractivity contribution in [1.82, 2.24) is 0 Å². The highest BCUT2D eigenvalue weighted by Gasteiger charge is 2.88. The van der Waals surface area contributed by atoms with Gasteiger partial charge in [0.25, 0.3) is 0 Å². The van der Waals surface area contributed by atoms with Crippen molar-refractivity contribution in [3.8, 4) is 0 Å². The molecule has 0 radical (unpaired) electrons. The molecule has 0 aromatic carbocycles. The minimum absolute atomic E-state index is 0.243. The van der Waals surface area contributed by atoms with E-state index in [1.165, 1.54) is 0 Å². The van der Waals surface area contributed by atoms with Gasteiger partial charge in [0.1, 0.15) is 6.10 Å². The quantitative estimate of drug-likeness (QED) is 0.661. The van der Waals surface area contributed by atoms with Crippen molar-refractivity contribution < 1.29 is 28.5 Å². The molecule has 0 N–H and O–H groups in total. The molecule has 4 aliphatic heterocycles. The monoisotopic (exact) mass is 296 g/mol. The van der Waals surface area contributed by atoms with E-state index in [0.29, 0.717) is 25.7 Å². The van der Waals surface area contributed by atoms with Gasteiger partial charge >= 0.3 is 5.97 Å². The highest BCUT2D eigenvalue weighted by Crippen LogP contribution is 2.70. The number of carbonyl (C=O) groups is 1. The van der Waals surface area contributed by atoms with Gasteiger partial charge in [0.2, 0.25) is 5.60 Å². The van der Waals surface area contributed by atoms with E-state index in [0.717, 1.165) is 12.8 Å². The average molecular weight is 296 g/mol. The molecule has 5 fully saturated rings. The Morgan fingerprint density at radius 1 is 1.05 bits per heavy atom. The van der Waals surface area contributed by atoms with Crippen molar-refractivity contribution in [2.75, 3.05) is 19.8 Å². The minimum atomic E-state index is -0.880. The van der Waals surface area contributed by atoms with Crippen LogP contribution in [-0.4, -0.2) is 55.0 Å². The Morgan fingerprint density at radius 2 is 1.81 bits per heavy atom. The van der Waals surface area contributed by atoms with Gasteiger partial charge in [0.05, 0.1) is 6.61 Å². The summed E-state index contributed by atoms with van der Waals surface area (Å²) in [6.45, 7) is 5.45. The Bertz CT molecular complexity index is 518. The Hall–Kier alpha value is -0.690. The summed E-state index contributed by atoms with van der Waals surface area (Å²) in [5.41, 5.74) is -1.53. The first-order chi connectivity index (χ1) is 10.0. The molecule has 5 rings (SSSR count). The maximum absolute atomic E-state index is 12.6. The summed E-state index contributed by atoms with van der Waals surface area (Å²) >= 11 is 0. The molecular weight excluding hydrogens is 276 g/mol. The third-order valence-electron chi connectivity index (χ3n) is 6.00. The zero-order chi connectivity index (χ0) is 14.5. The van der Waals surface area contributed by atoms with E-state index in [1.54, 1.807) is 0 Å². The maximum Gasteiger partial charge on any atom is 0.342 e. The Balaban J connectivity index is 1.56. The van der Waals surface area contributed by atoms with Crippen LogP contribution in [0.15, 0.2) is 0 Å². The molecular formula is C15H20O6. The van der Waals surface area contributed by atoms with Crippen molar-refractivity contribution in [2.45, 2.75) is 55.9 Å². The molecule has 4 heterocycles. The summed E-state index contributed by atoms with van der Waals surface area (Å²) in [6, 6.07) is 0. The third kappa shape index (κ3) is 1.20. The molecule has 0 unspecified atom stereocenters. The van der Waals surface area contributed by atoms with E-state index in [-0.39, 0.29) is 18.0 Å². The summed E-state index contributed by atoms with van der Waals surface area (Å²) in [5.74, 6) is -0.324. The van der Waals surface area contributed by atoms with E-state index in [2.05, 4.69) is 0 Å². The molecule has 0 aromatic rings. The number of fused-ring (bicyclic) bond motifs is 1. The molecule has 0 amide bonds. The molecule has 5 aliphatic rings. The molecule has 2 spiro atoms. The molecule has 1 saturated carbocycles. The molecule has 21 heavy (non-hydrogen) atoms. The average Bonchev–Trinajstić information content (AvgIpc) is 3.12. The summed E-state index contributed by atoms with van der Waals surface area (Å²) in [7, 11) is 0. The van der Waals surface area contributed by atoms with Gasteiger partial charge in [-0.2, -0.15) is 0 Å². The lowest BCUT2D eigenvalue weighted by atomic mass is 9.49. The second kappa shape index (κ2) is 3.62. The molecule has 6 atom stereocenters. The van der Waals surface area contributed by atoms with Crippen molar-refractivity contribution in [2.24, 2.45) is 11.8 Å². The second-order valence-electron chi connectivity index (χ2n) is 7.21. The van der Waals surface area contributed by atoms with Gasteiger partial charge in [-0.25, -0.2) is 4.79 Å². The molecule has 4 saturated heterocycles. The number of hydrogen-bond donors (Lipinski definition) is 0. The number of esters is 1. The minimum Gasteiger partial charge on any atom is -0.454 e. The fourth-order valence-corrected chi connectivity index (χ4v) is 5.39. The summed E-state index contributed by atoms with van der Waals surface area (Å²) in [6.07, 6.45) is 1.19. The Kier molecular flexibility index (Phi) is 2.21. The van der Waals surface area contributed by atoms with Gasteiger partial charge in [-0.3, -0.25) is 0 Å². The number of ether oxygens (including phenoxy) is 5. The van der Waals surface area contributed by atoms with Crippen LogP contribution < -0.4 is 0 Å². The van der Waals surface area contributed by atoms with E-state index in [4.69, 9.17) is 23.7 Å². The van der Waals surface area contributed by atoms with Gasteiger partial charge in [0.15, 0.2) is 17.5 Å². The smallest absolute Gasteiger partial charge is 0.342 e. The highest BCUT2D eigenvalue weighted by molar-refractivity contribution is 5.88. The number of carbonyl (C=O) groups excluding carboxylic acids is 1. The Labute approximate surface area is 123 Å². The zero-order valence-electron chi connectivity index (χ0n) is 12.3. The predicted octanol–water partition coefficient (Wildman–Crippen LogP) is 0.627. The molecule has 1 aliphatic carbocycles. The first-order valence-corrected chi connectivity index (χ1v) is 7.82. The molecule has 6 nitrogen and oxygen atoms in total. The van der Waals surface area contributed by atoms with Crippen molar-refractivity contribution in [1.29, 1.82) is 0 Å². The van der Waals surface area contributed by atoms with Crippen molar-refractivity contribution >= 4 is 5.97 Å². The number of cyclic esters (lactones) is 1. The predicted molar refractivity (Wildman–Crippen MR) is 68.4 cm³/mol. The van der Waals surface area contributed by atoms with Gasteiger partial charge in [-0.15, -0.1) is 0 Å².